The Balaban J connectivity index is 2.71. The van der Waals surface area contributed by atoms with E-state index in [1.54, 1.807) is 0 Å². The summed E-state index contributed by atoms with van der Waals surface area (Å²) in [6, 6.07) is 2.02. The van der Waals surface area contributed by atoms with Gasteiger partial charge in [0.05, 0.1) is 14.9 Å². The van der Waals surface area contributed by atoms with Gasteiger partial charge in [0.15, 0.2) is 0 Å². The van der Waals surface area contributed by atoms with Crippen molar-refractivity contribution in [2.45, 2.75) is 18.8 Å². The molecule has 1 aromatic carbocycles. The number of halogens is 4. The molecule has 108 valence electrons. The molecule has 0 saturated carbocycles. The fourth-order valence-electron chi connectivity index (χ4n) is 1.78. The normalized spacial score (nSPS) is 20.2. The molecule has 0 bridgehead atoms. The lowest BCUT2D eigenvalue weighted by molar-refractivity contribution is -0.187. The number of aliphatic hydroxyl groups is 1. The van der Waals surface area contributed by atoms with Crippen LogP contribution in [0.25, 0.3) is 6.08 Å². The molecule has 8 heteroatoms. The first-order valence-corrected chi connectivity index (χ1v) is 5.53. The zero-order valence-corrected chi connectivity index (χ0v) is 10.3. The summed E-state index contributed by atoms with van der Waals surface area (Å²) in [7, 11) is 0. The second-order valence-corrected chi connectivity index (χ2v) is 4.36. The van der Waals surface area contributed by atoms with E-state index in [2.05, 4.69) is 4.74 Å². The SMILES string of the molecule is [2H]C([2H])(O)c1cc(Cl)cc2c1OC(C(F)(F)F)C(C(=O)O)=C2. The van der Waals surface area contributed by atoms with Gasteiger partial charge in [0.25, 0.3) is 0 Å². The molecule has 0 fully saturated rings. The van der Waals surface area contributed by atoms with E-state index in [1.165, 1.54) is 0 Å². The number of aliphatic carboxylic acids is 1. The maximum absolute atomic E-state index is 12.9. The Kier molecular flexibility index (Phi) is 3.00. The zero-order chi connectivity index (χ0) is 16.9. The fraction of sp³-hybridized carbons (Fsp3) is 0.250. The largest absolute Gasteiger partial charge is 0.478 e. The quantitative estimate of drug-likeness (QED) is 0.881. The third-order valence-corrected chi connectivity index (χ3v) is 2.79. The Bertz CT molecular complexity index is 668. The number of carboxylic acids is 1. The minimum absolute atomic E-state index is 0.0956. The molecule has 0 aromatic heterocycles. The average molecular weight is 311 g/mol. The number of ether oxygens (including phenoxy) is 1. The summed E-state index contributed by atoms with van der Waals surface area (Å²) in [5, 5.41) is 18.2. The van der Waals surface area contributed by atoms with Gasteiger partial charge in [-0.2, -0.15) is 13.2 Å². The Morgan fingerprint density at radius 3 is 2.65 bits per heavy atom. The van der Waals surface area contributed by atoms with Gasteiger partial charge in [-0.05, 0) is 18.2 Å². The summed E-state index contributed by atoms with van der Waals surface area (Å²) in [4.78, 5) is 11.0. The molecule has 4 nitrogen and oxygen atoms in total. The first-order valence-electron chi connectivity index (χ1n) is 6.16. The molecule has 0 amide bonds. The van der Waals surface area contributed by atoms with Crippen LogP contribution in [0.5, 0.6) is 5.75 Å². The molecule has 1 aromatic rings. The Morgan fingerprint density at radius 1 is 1.50 bits per heavy atom. The standard InChI is InChI=1S/C12H8ClF3O4/c13-7-1-5-3-8(11(18)19)10(12(14,15)16)20-9(5)6(2-7)4-17/h1-3,10,17H,4H2,(H,18,19)/i4D2. The summed E-state index contributed by atoms with van der Waals surface area (Å²) in [5.41, 5.74) is -1.85. The summed E-state index contributed by atoms with van der Waals surface area (Å²) >= 11 is 5.71. The lowest BCUT2D eigenvalue weighted by atomic mass is 9.99. The lowest BCUT2D eigenvalue weighted by Crippen LogP contribution is -2.40. The van der Waals surface area contributed by atoms with Crippen molar-refractivity contribution in [1.29, 1.82) is 0 Å². The molecule has 0 radical (unpaired) electrons. The smallest absolute Gasteiger partial charge is 0.430 e. The molecule has 2 rings (SSSR count). The Morgan fingerprint density at radius 2 is 2.15 bits per heavy atom. The minimum atomic E-state index is -5.03. The minimum Gasteiger partial charge on any atom is -0.478 e. The van der Waals surface area contributed by atoms with Crippen LogP contribution in [0.4, 0.5) is 13.2 Å². The number of alkyl halides is 3. The van der Waals surface area contributed by atoms with Crippen molar-refractivity contribution in [2.75, 3.05) is 0 Å². The monoisotopic (exact) mass is 310 g/mol. The highest BCUT2D eigenvalue weighted by atomic mass is 35.5. The van der Waals surface area contributed by atoms with E-state index in [0.717, 1.165) is 12.1 Å². The fourth-order valence-corrected chi connectivity index (χ4v) is 2.00. The van der Waals surface area contributed by atoms with Gasteiger partial charge in [0.2, 0.25) is 6.10 Å². The van der Waals surface area contributed by atoms with Gasteiger partial charge in [-0.3, -0.25) is 0 Å². The summed E-state index contributed by atoms with van der Waals surface area (Å²) in [6.45, 7) is -3.01. The molecule has 20 heavy (non-hydrogen) atoms. The number of fused-ring (bicyclic) bond motifs is 1. The summed E-state index contributed by atoms with van der Waals surface area (Å²) < 4.78 is 57.9. The van der Waals surface area contributed by atoms with Gasteiger partial charge in [0.1, 0.15) is 5.75 Å². The predicted octanol–water partition coefficient (Wildman–Crippen LogP) is 2.62. The van der Waals surface area contributed by atoms with E-state index in [-0.39, 0.29) is 10.6 Å². The van der Waals surface area contributed by atoms with Crippen molar-refractivity contribution in [3.8, 4) is 5.75 Å². The van der Waals surface area contributed by atoms with E-state index >= 15 is 0 Å². The first-order chi connectivity index (χ1) is 9.91. The van der Waals surface area contributed by atoms with Crippen molar-refractivity contribution in [3.05, 3.63) is 33.9 Å². The maximum Gasteiger partial charge on any atom is 0.430 e. The van der Waals surface area contributed by atoms with Crippen molar-refractivity contribution in [1.82, 2.24) is 0 Å². The summed E-state index contributed by atoms with van der Waals surface area (Å²) in [6.07, 6.45) is -7.11. The third kappa shape index (κ3) is 2.59. The van der Waals surface area contributed by atoms with Crippen LogP contribution in [0.15, 0.2) is 17.7 Å². The maximum atomic E-state index is 12.9. The highest BCUT2D eigenvalue weighted by Crippen LogP contribution is 2.40. The molecule has 1 heterocycles. The van der Waals surface area contributed by atoms with Crippen LogP contribution < -0.4 is 4.74 Å². The van der Waals surface area contributed by atoms with E-state index in [4.69, 9.17) is 19.4 Å². The molecule has 1 unspecified atom stereocenters. The lowest BCUT2D eigenvalue weighted by Gasteiger charge is -2.28. The van der Waals surface area contributed by atoms with Crippen molar-refractivity contribution >= 4 is 23.6 Å². The van der Waals surface area contributed by atoms with Crippen molar-refractivity contribution in [3.63, 3.8) is 0 Å². The topological polar surface area (TPSA) is 66.8 Å². The molecule has 0 aliphatic carbocycles. The Hall–Kier alpha value is -1.73. The molecule has 1 atom stereocenters. The van der Waals surface area contributed by atoms with Gasteiger partial charge in [-0.25, -0.2) is 4.79 Å². The van der Waals surface area contributed by atoms with Crippen LogP contribution >= 0.6 is 11.6 Å². The third-order valence-electron chi connectivity index (χ3n) is 2.58. The van der Waals surface area contributed by atoms with Gasteiger partial charge >= 0.3 is 12.1 Å². The van der Waals surface area contributed by atoms with E-state index in [1.807, 2.05) is 0 Å². The molecular formula is C12H8ClF3O4. The van der Waals surface area contributed by atoms with Crippen molar-refractivity contribution < 1.29 is 35.7 Å². The molecule has 0 spiro atoms. The number of carbonyl (C=O) groups is 1. The Labute approximate surface area is 118 Å². The molecule has 2 N–H and O–H groups in total. The number of hydrogen-bond acceptors (Lipinski definition) is 3. The van der Waals surface area contributed by atoms with Crippen LogP contribution in [0.2, 0.25) is 5.02 Å². The number of hydrogen-bond donors (Lipinski definition) is 2. The summed E-state index contributed by atoms with van der Waals surface area (Å²) in [5.74, 6) is -2.44. The van der Waals surface area contributed by atoms with Crippen LogP contribution in [0.3, 0.4) is 0 Å². The van der Waals surface area contributed by atoms with Crippen LogP contribution in [0, 0.1) is 0 Å². The van der Waals surface area contributed by atoms with Crippen LogP contribution in [-0.4, -0.2) is 28.5 Å². The van der Waals surface area contributed by atoms with E-state index in [9.17, 15) is 23.1 Å². The second kappa shape index (κ2) is 4.99. The van der Waals surface area contributed by atoms with Gasteiger partial charge < -0.3 is 14.9 Å². The molecule has 1 aliphatic rings. The zero-order valence-electron chi connectivity index (χ0n) is 11.5. The molecular weight excluding hydrogens is 301 g/mol. The number of carboxylic acid groups (broad SMARTS) is 1. The van der Waals surface area contributed by atoms with E-state index < -0.39 is 41.7 Å². The van der Waals surface area contributed by atoms with Gasteiger partial charge in [-0.1, -0.05) is 11.6 Å². The molecule has 0 saturated heterocycles. The second-order valence-electron chi connectivity index (χ2n) is 3.93. The van der Waals surface area contributed by atoms with Crippen LogP contribution in [0.1, 0.15) is 13.9 Å². The molecule has 1 aliphatic heterocycles. The van der Waals surface area contributed by atoms with Crippen molar-refractivity contribution in [2.24, 2.45) is 0 Å². The average Bonchev–Trinajstić information content (AvgIpc) is 2.33. The predicted molar refractivity (Wildman–Crippen MR) is 63.5 cm³/mol. The highest BCUT2D eigenvalue weighted by Gasteiger charge is 2.48. The van der Waals surface area contributed by atoms with Crippen LogP contribution in [-0.2, 0) is 11.4 Å². The van der Waals surface area contributed by atoms with Gasteiger partial charge in [-0.15, -0.1) is 0 Å². The number of rotatable bonds is 2. The first kappa shape index (κ1) is 12.0. The van der Waals surface area contributed by atoms with E-state index in [0.29, 0.717) is 6.08 Å². The highest BCUT2D eigenvalue weighted by molar-refractivity contribution is 6.30. The van der Waals surface area contributed by atoms with Gasteiger partial charge in [0, 0.05) is 16.1 Å². The number of benzene rings is 1.